The SMILES string of the molecule is CCc1oc2cc(F)ccc2c1C1CCN(C(C)=O)CC1. The van der Waals surface area contributed by atoms with Gasteiger partial charge in [-0.15, -0.1) is 0 Å². The van der Waals surface area contributed by atoms with Gasteiger partial charge in [0.25, 0.3) is 0 Å². The average Bonchev–Trinajstić information content (AvgIpc) is 2.84. The first-order valence-electron chi connectivity index (χ1n) is 7.56. The van der Waals surface area contributed by atoms with Crippen LogP contribution in [0.15, 0.2) is 22.6 Å². The standard InChI is InChI=1S/C17H20FNO2/c1-3-15-17(12-6-8-19(9-7-12)11(2)20)14-5-4-13(18)10-16(14)21-15/h4-5,10,12H,3,6-9H2,1-2H3. The van der Waals surface area contributed by atoms with E-state index >= 15 is 0 Å². The second-order valence-electron chi connectivity index (χ2n) is 5.71. The van der Waals surface area contributed by atoms with Crippen molar-refractivity contribution in [3.05, 3.63) is 35.3 Å². The molecule has 0 spiro atoms. The lowest BCUT2D eigenvalue weighted by Crippen LogP contribution is -2.36. The van der Waals surface area contributed by atoms with Crippen LogP contribution in [0.1, 0.15) is 43.9 Å². The number of fused-ring (bicyclic) bond motifs is 1. The molecule has 2 heterocycles. The molecule has 0 aliphatic carbocycles. The van der Waals surface area contributed by atoms with Crippen molar-refractivity contribution < 1.29 is 13.6 Å². The first-order valence-corrected chi connectivity index (χ1v) is 7.56. The van der Waals surface area contributed by atoms with Crippen molar-refractivity contribution in [3.8, 4) is 0 Å². The maximum Gasteiger partial charge on any atom is 0.219 e. The number of amides is 1. The van der Waals surface area contributed by atoms with Crippen LogP contribution in [-0.4, -0.2) is 23.9 Å². The third-order valence-electron chi connectivity index (χ3n) is 4.44. The minimum absolute atomic E-state index is 0.142. The molecule has 112 valence electrons. The Balaban J connectivity index is 1.95. The molecule has 1 amide bonds. The van der Waals surface area contributed by atoms with E-state index in [2.05, 4.69) is 6.92 Å². The summed E-state index contributed by atoms with van der Waals surface area (Å²) in [5.74, 6) is 1.22. The number of piperidine rings is 1. The van der Waals surface area contributed by atoms with Crippen molar-refractivity contribution in [1.29, 1.82) is 0 Å². The van der Waals surface area contributed by atoms with Gasteiger partial charge in [0.1, 0.15) is 17.2 Å². The molecule has 1 aromatic carbocycles. The number of benzene rings is 1. The summed E-state index contributed by atoms with van der Waals surface area (Å²) in [5.41, 5.74) is 1.85. The van der Waals surface area contributed by atoms with Crippen molar-refractivity contribution in [2.45, 2.75) is 39.0 Å². The van der Waals surface area contributed by atoms with E-state index in [0.29, 0.717) is 11.5 Å². The molecule has 0 bridgehead atoms. The Kier molecular flexibility index (Phi) is 3.70. The van der Waals surface area contributed by atoms with Crippen molar-refractivity contribution >= 4 is 16.9 Å². The average molecular weight is 289 g/mol. The number of halogens is 1. The van der Waals surface area contributed by atoms with Gasteiger partial charge < -0.3 is 9.32 Å². The van der Waals surface area contributed by atoms with E-state index in [1.165, 1.54) is 17.7 Å². The normalized spacial score (nSPS) is 16.6. The second kappa shape index (κ2) is 5.51. The third kappa shape index (κ3) is 2.55. The fourth-order valence-electron chi connectivity index (χ4n) is 3.33. The van der Waals surface area contributed by atoms with Crippen LogP contribution in [-0.2, 0) is 11.2 Å². The molecule has 1 aliphatic rings. The van der Waals surface area contributed by atoms with Gasteiger partial charge in [0, 0.05) is 43.5 Å². The molecule has 21 heavy (non-hydrogen) atoms. The van der Waals surface area contributed by atoms with E-state index < -0.39 is 0 Å². The minimum atomic E-state index is -0.267. The molecule has 0 radical (unpaired) electrons. The highest BCUT2D eigenvalue weighted by atomic mass is 19.1. The zero-order valence-electron chi connectivity index (χ0n) is 12.5. The molecule has 0 N–H and O–H groups in total. The molecule has 3 rings (SSSR count). The Morgan fingerprint density at radius 3 is 2.71 bits per heavy atom. The molecule has 1 aromatic heterocycles. The molecule has 1 aliphatic heterocycles. The number of furan rings is 1. The zero-order valence-corrected chi connectivity index (χ0v) is 12.5. The fraction of sp³-hybridized carbons (Fsp3) is 0.471. The molecule has 0 atom stereocenters. The van der Waals surface area contributed by atoms with Crippen molar-refractivity contribution in [2.24, 2.45) is 0 Å². The van der Waals surface area contributed by atoms with E-state index in [4.69, 9.17) is 4.42 Å². The maximum absolute atomic E-state index is 13.4. The highest BCUT2D eigenvalue weighted by Gasteiger charge is 2.27. The Hall–Kier alpha value is -1.84. The highest BCUT2D eigenvalue weighted by Crippen LogP contribution is 2.38. The van der Waals surface area contributed by atoms with Crippen LogP contribution < -0.4 is 0 Å². The van der Waals surface area contributed by atoms with Gasteiger partial charge in [0.2, 0.25) is 5.91 Å². The number of carbonyl (C=O) groups is 1. The van der Waals surface area contributed by atoms with Crippen LogP contribution >= 0.6 is 0 Å². The molecular formula is C17H20FNO2. The van der Waals surface area contributed by atoms with Gasteiger partial charge in [0.15, 0.2) is 0 Å². The molecular weight excluding hydrogens is 269 g/mol. The number of hydrogen-bond donors (Lipinski definition) is 0. The van der Waals surface area contributed by atoms with Gasteiger partial charge in [0.05, 0.1) is 0 Å². The van der Waals surface area contributed by atoms with Crippen LogP contribution in [0.3, 0.4) is 0 Å². The molecule has 1 saturated heterocycles. The zero-order chi connectivity index (χ0) is 15.0. The molecule has 3 nitrogen and oxygen atoms in total. The van der Waals surface area contributed by atoms with Crippen LogP contribution in [0, 0.1) is 5.82 Å². The molecule has 0 saturated carbocycles. The monoisotopic (exact) mass is 289 g/mol. The lowest BCUT2D eigenvalue weighted by atomic mass is 9.87. The van der Waals surface area contributed by atoms with Crippen LogP contribution in [0.5, 0.6) is 0 Å². The lowest BCUT2D eigenvalue weighted by molar-refractivity contribution is -0.129. The molecule has 1 fully saturated rings. The van der Waals surface area contributed by atoms with E-state index in [9.17, 15) is 9.18 Å². The van der Waals surface area contributed by atoms with E-state index in [0.717, 1.165) is 43.5 Å². The molecule has 2 aromatic rings. The summed E-state index contributed by atoms with van der Waals surface area (Å²) in [6.07, 6.45) is 2.69. The van der Waals surface area contributed by atoms with E-state index in [-0.39, 0.29) is 11.7 Å². The smallest absolute Gasteiger partial charge is 0.219 e. The summed E-state index contributed by atoms with van der Waals surface area (Å²) in [6.45, 7) is 5.25. The lowest BCUT2D eigenvalue weighted by Gasteiger charge is -2.31. The number of likely N-dealkylation sites (tertiary alicyclic amines) is 1. The quantitative estimate of drug-likeness (QED) is 0.841. The van der Waals surface area contributed by atoms with Crippen LogP contribution in [0.2, 0.25) is 0 Å². The Bertz CT molecular complexity index is 669. The molecule has 0 unspecified atom stereocenters. The largest absolute Gasteiger partial charge is 0.461 e. The number of rotatable bonds is 2. The van der Waals surface area contributed by atoms with Crippen molar-refractivity contribution in [2.75, 3.05) is 13.1 Å². The van der Waals surface area contributed by atoms with Gasteiger partial charge in [-0.05, 0) is 30.9 Å². The topological polar surface area (TPSA) is 33.5 Å². The minimum Gasteiger partial charge on any atom is -0.461 e. The van der Waals surface area contributed by atoms with Gasteiger partial charge in [-0.1, -0.05) is 6.92 Å². The summed E-state index contributed by atoms with van der Waals surface area (Å²) in [5, 5.41) is 1.02. The Labute approximate surface area is 123 Å². The number of hydrogen-bond acceptors (Lipinski definition) is 2. The summed E-state index contributed by atoms with van der Waals surface area (Å²) >= 11 is 0. The van der Waals surface area contributed by atoms with Gasteiger partial charge in [-0.3, -0.25) is 4.79 Å². The van der Waals surface area contributed by atoms with Crippen molar-refractivity contribution in [1.82, 2.24) is 4.90 Å². The van der Waals surface area contributed by atoms with Gasteiger partial charge in [-0.25, -0.2) is 4.39 Å². The first-order chi connectivity index (χ1) is 10.1. The summed E-state index contributed by atoms with van der Waals surface area (Å²) < 4.78 is 19.2. The third-order valence-corrected chi connectivity index (χ3v) is 4.44. The summed E-state index contributed by atoms with van der Waals surface area (Å²) in [4.78, 5) is 13.3. The highest BCUT2D eigenvalue weighted by molar-refractivity contribution is 5.83. The molecule has 4 heteroatoms. The van der Waals surface area contributed by atoms with E-state index in [1.54, 1.807) is 6.92 Å². The van der Waals surface area contributed by atoms with Crippen molar-refractivity contribution in [3.63, 3.8) is 0 Å². The summed E-state index contributed by atoms with van der Waals surface area (Å²) in [7, 11) is 0. The number of aryl methyl sites for hydroxylation is 1. The maximum atomic E-state index is 13.4. The Morgan fingerprint density at radius 2 is 2.10 bits per heavy atom. The number of carbonyl (C=O) groups excluding carboxylic acids is 1. The Morgan fingerprint density at radius 1 is 1.38 bits per heavy atom. The first kappa shape index (κ1) is 14.1. The van der Waals surface area contributed by atoms with Gasteiger partial charge in [-0.2, -0.15) is 0 Å². The summed E-state index contributed by atoms with van der Waals surface area (Å²) in [6, 6.07) is 4.77. The second-order valence-corrected chi connectivity index (χ2v) is 5.71. The predicted octanol–water partition coefficient (Wildman–Crippen LogP) is 3.86. The number of nitrogens with zero attached hydrogens (tertiary/aromatic N) is 1. The van der Waals surface area contributed by atoms with Crippen LogP contribution in [0.25, 0.3) is 11.0 Å². The van der Waals surface area contributed by atoms with Gasteiger partial charge >= 0.3 is 0 Å². The fourth-order valence-corrected chi connectivity index (χ4v) is 3.33. The van der Waals surface area contributed by atoms with E-state index in [1.807, 2.05) is 11.0 Å². The predicted molar refractivity (Wildman–Crippen MR) is 79.8 cm³/mol. The van der Waals surface area contributed by atoms with Crippen LogP contribution in [0.4, 0.5) is 4.39 Å².